The van der Waals surface area contributed by atoms with Crippen molar-refractivity contribution in [3.8, 4) is 0 Å². The molecule has 0 atom stereocenters. The monoisotopic (exact) mass is 394 g/mol. The van der Waals surface area contributed by atoms with Crippen molar-refractivity contribution in [1.29, 1.82) is 0 Å². The summed E-state index contributed by atoms with van der Waals surface area (Å²) in [5.41, 5.74) is 0.409. The first kappa shape index (κ1) is 18.1. The van der Waals surface area contributed by atoms with Crippen molar-refractivity contribution in [3.05, 3.63) is 39.4 Å². The fraction of sp³-hybridized carbons (Fsp3) is 0.375. The van der Waals surface area contributed by atoms with Gasteiger partial charge in [0.05, 0.1) is 23.8 Å². The summed E-state index contributed by atoms with van der Waals surface area (Å²) in [5, 5.41) is 5.70. The summed E-state index contributed by atoms with van der Waals surface area (Å²) in [5.74, 6) is -0.512. The van der Waals surface area contributed by atoms with Crippen LogP contribution in [0.4, 0.5) is 0 Å². The lowest BCUT2D eigenvalue weighted by Gasteiger charge is -2.08. The molecule has 0 radical (unpaired) electrons. The van der Waals surface area contributed by atoms with Gasteiger partial charge in [0.2, 0.25) is 11.8 Å². The number of aromatic nitrogens is 2. The normalized spacial score (nSPS) is 10.6. The van der Waals surface area contributed by atoms with Crippen molar-refractivity contribution in [1.82, 2.24) is 20.2 Å². The molecule has 2 rings (SSSR count). The SMILES string of the molecule is CCCNC(=O)CNC(=O)CCn1cnc2ccc(Br)cc2c1=O. The number of nitrogens with zero attached hydrogens (tertiary/aromatic N) is 2. The summed E-state index contributed by atoms with van der Waals surface area (Å²) in [6.07, 6.45) is 2.37. The highest BCUT2D eigenvalue weighted by Gasteiger charge is 2.08. The van der Waals surface area contributed by atoms with Gasteiger partial charge >= 0.3 is 0 Å². The summed E-state index contributed by atoms with van der Waals surface area (Å²) in [6, 6.07) is 5.28. The van der Waals surface area contributed by atoms with Crippen molar-refractivity contribution in [3.63, 3.8) is 0 Å². The van der Waals surface area contributed by atoms with Crippen LogP contribution in [0.3, 0.4) is 0 Å². The molecule has 7 nitrogen and oxygen atoms in total. The summed E-state index contributed by atoms with van der Waals surface area (Å²) >= 11 is 3.33. The molecular formula is C16H19BrN4O3. The van der Waals surface area contributed by atoms with E-state index < -0.39 is 0 Å². The Labute approximate surface area is 147 Å². The second-order valence-corrected chi connectivity index (χ2v) is 6.20. The third-order valence-electron chi connectivity index (χ3n) is 3.38. The van der Waals surface area contributed by atoms with E-state index in [9.17, 15) is 14.4 Å². The number of rotatable bonds is 7. The van der Waals surface area contributed by atoms with E-state index in [1.54, 1.807) is 12.1 Å². The lowest BCUT2D eigenvalue weighted by molar-refractivity contribution is -0.126. The van der Waals surface area contributed by atoms with Crippen LogP contribution in [0.1, 0.15) is 19.8 Å². The minimum absolute atomic E-state index is 0.0589. The number of aryl methyl sites for hydroxylation is 1. The fourth-order valence-electron chi connectivity index (χ4n) is 2.11. The number of hydrogen-bond donors (Lipinski definition) is 2. The van der Waals surface area contributed by atoms with Crippen LogP contribution in [-0.2, 0) is 16.1 Å². The quantitative estimate of drug-likeness (QED) is 0.737. The standard InChI is InChI=1S/C16H19BrN4O3/c1-2-6-18-15(23)9-19-14(22)5-7-21-10-20-13-4-3-11(17)8-12(13)16(21)24/h3-4,8,10H,2,5-7,9H2,1H3,(H,18,23)(H,19,22). The number of amides is 2. The predicted molar refractivity (Wildman–Crippen MR) is 94.6 cm³/mol. The molecule has 0 bridgehead atoms. The Morgan fingerprint density at radius 2 is 2.04 bits per heavy atom. The molecule has 24 heavy (non-hydrogen) atoms. The second kappa shape index (κ2) is 8.58. The van der Waals surface area contributed by atoms with E-state index in [0.29, 0.717) is 17.4 Å². The maximum Gasteiger partial charge on any atom is 0.261 e. The molecule has 1 aromatic carbocycles. The van der Waals surface area contributed by atoms with Crippen LogP contribution >= 0.6 is 15.9 Å². The van der Waals surface area contributed by atoms with Gasteiger partial charge in [-0.1, -0.05) is 22.9 Å². The van der Waals surface area contributed by atoms with Gasteiger partial charge < -0.3 is 10.6 Å². The van der Waals surface area contributed by atoms with Crippen molar-refractivity contribution >= 4 is 38.6 Å². The molecule has 128 valence electrons. The highest BCUT2D eigenvalue weighted by molar-refractivity contribution is 9.10. The van der Waals surface area contributed by atoms with Crippen LogP contribution in [0.15, 0.2) is 33.8 Å². The molecule has 0 saturated carbocycles. The molecule has 8 heteroatoms. The zero-order valence-corrected chi connectivity index (χ0v) is 14.9. The number of fused-ring (bicyclic) bond motifs is 1. The zero-order valence-electron chi connectivity index (χ0n) is 13.3. The summed E-state index contributed by atoms with van der Waals surface area (Å²) in [7, 11) is 0. The smallest absolute Gasteiger partial charge is 0.261 e. The third-order valence-corrected chi connectivity index (χ3v) is 3.88. The Kier molecular flexibility index (Phi) is 6.48. The lowest BCUT2D eigenvalue weighted by Crippen LogP contribution is -2.37. The van der Waals surface area contributed by atoms with Gasteiger partial charge in [-0.05, 0) is 24.6 Å². The van der Waals surface area contributed by atoms with Crippen LogP contribution in [0.25, 0.3) is 10.9 Å². The Hall–Kier alpha value is -2.22. The molecule has 0 saturated heterocycles. The van der Waals surface area contributed by atoms with Crippen LogP contribution in [-0.4, -0.2) is 34.5 Å². The van der Waals surface area contributed by atoms with Crippen LogP contribution < -0.4 is 16.2 Å². The maximum atomic E-state index is 12.4. The van der Waals surface area contributed by atoms with E-state index in [1.165, 1.54) is 10.9 Å². The van der Waals surface area contributed by atoms with Gasteiger partial charge in [-0.15, -0.1) is 0 Å². The van der Waals surface area contributed by atoms with Gasteiger partial charge in [-0.3, -0.25) is 19.0 Å². The number of carbonyl (C=O) groups excluding carboxylic acids is 2. The molecule has 2 N–H and O–H groups in total. The van der Waals surface area contributed by atoms with E-state index in [0.717, 1.165) is 10.9 Å². The van der Waals surface area contributed by atoms with E-state index in [2.05, 4.69) is 31.5 Å². The van der Waals surface area contributed by atoms with Gasteiger partial charge in [0.1, 0.15) is 0 Å². The molecule has 0 unspecified atom stereocenters. The number of hydrogen-bond acceptors (Lipinski definition) is 4. The van der Waals surface area contributed by atoms with Crippen molar-refractivity contribution in [2.45, 2.75) is 26.3 Å². The zero-order chi connectivity index (χ0) is 17.5. The first-order valence-electron chi connectivity index (χ1n) is 7.69. The first-order chi connectivity index (χ1) is 11.5. The molecule has 1 heterocycles. The molecule has 2 aromatic rings. The van der Waals surface area contributed by atoms with E-state index in [1.807, 2.05) is 13.0 Å². The molecular weight excluding hydrogens is 376 g/mol. The number of nitrogens with one attached hydrogen (secondary N) is 2. The first-order valence-corrected chi connectivity index (χ1v) is 8.48. The molecule has 0 aliphatic carbocycles. The van der Waals surface area contributed by atoms with Crippen LogP contribution in [0, 0.1) is 0 Å². The Morgan fingerprint density at radius 1 is 1.25 bits per heavy atom. The number of carbonyl (C=O) groups is 2. The van der Waals surface area contributed by atoms with E-state index >= 15 is 0 Å². The average molecular weight is 395 g/mol. The molecule has 0 aliphatic heterocycles. The molecule has 1 aromatic heterocycles. The van der Waals surface area contributed by atoms with E-state index in [4.69, 9.17) is 0 Å². The number of halogens is 1. The summed E-state index contributed by atoms with van der Waals surface area (Å²) < 4.78 is 2.19. The Balaban J connectivity index is 1.93. The van der Waals surface area contributed by atoms with Crippen molar-refractivity contribution in [2.75, 3.05) is 13.1 Å². The minimum Gasteiger partial charge on any atom is -0.355 e. The lowest BCUT2D eigenvalue weighted by atomic mass is 10.2. The Bertz CT molecular complexity index is 803. The Morgan fingerprint density at radius 3 is 2.79 bits per heavy atom. The van der Waals surface area contributed by atoms with Gasteiger partial charge in [0.15, 0.2) is 0 Å². The van der Waals surface area contributed by atoms with Crippen LogP contribution in [0.5, 0.6) is 0 Å². The van der Waals surface area contributed by atoms with Gasteiger partial charge in [0.25, 0.3) is 5.56 Å². The van der Waals surface area contributed by atoms with Gasteiger partial charge in [0, 0.05) is 24.0 Å². The van der Waals surface area contributed by atoms with Crippen molar-refractivity contribution in [2.24, 2.45) is 0 Å². The second-order valence-electron chi connectivity index (χ2n) is 5.28. The average Bonchev–Trinajstić information content (AvgIpc) is 2.58. The molecule has 0 fully saturated rings. The van der Waals surface area contributed by atoms with Gasteiger partial charge in [-0.25, -0.2) is 4.98 Å². The van der Waals surface area contributed by atoms with E-state index in [-0.39, 0.29) is 36.9 Å². The highest BCUT2D eigenvalue weighted by atomic mass is 79.9. The molecule has 0 aliphatic rings. The van der Waals surface area contributed by atoms with Crippen LogP contribution in [0.2, 0.25) is 0 Å². The molecule has 0 spiro atoms. The highest BCUT2D eigenvalue weighted by Crippen LogP contribution is 2.14. The summed E-state index contributed by atoms with van der Waals surface area (Å²) in [4.78, 5) is 39.8. The predicted octanol–water partition coefficient (Wildman–Crippen LogP) is 1.19. The number of benzene rings is 1. The molecule has 2 amide bonds. The largest absolute Gasteiger partial charge is 0.355 e. The topological polar surface area (TPSA) is 93.1 Å². The maximum absolute atomic E-state index is 12.4. The minimum atomic E-state index is -0.289. The van der Waals surface area contributed by atoms with Gasteiger partial charge in [-0.2, -0.15) is 0 Å². The van der Waals surface area contributed by atoms with Crippen molar-refractivity contribution < 1.29 is 9.59 Å². The summed E-state index contributed by atoms with van der Waals surface area (Å²) in [6.45, 7) is 2.68. The fourth-order valence-corrected chi connectivity index (χ4v) is 2.47. The third kappa shape index (κ3) is 4.89.